The van der Waals surface area contributed by atoms with Crippen LogP contribution in [0.25, 0.3) is 0 Å². The van der Waals surface area contributed by atoms with Crippen LogP contribution in [0, 0.1) is 11.2 Å². The van der Waals surface area contributed by atoms with Crippen LogP contribution in [0.1, 0.15) is 38.8 Å². The Bertz CT molecular complexity index is 590. The fourth-order valence-corrected chi connectivity index (χ4v) is 2.35. The van der Waals surface area contributed by atoms with Crippen LogP contribution < -0.4 is 5.32 Å². The first-order valence-corrected chi connectivity index (χ1v) is 7.15. The molecular weight excluding hydrogens is 265 g/mol. The minimum atomic E-state index is -0.609. The second-order valence-corrected chi connectivity index (χ2v) is 6.54. The van der Waals surface area contributed by atoms with E-state index in [1.165, 1.54) is 17.7 Å². The zero-order chi connectivity index (χ0) is 15.5. The second kappa shape index (κ2) is 6.17. The number of hydrogen-bond acceptors (Lipinski definition) is 2. The highest BCUT2D eigenvalue weighted by Crippen LogP contribution is 2.32. The van der Waals surface area contributed by atoms with Crippen molar-refractivity contribution in [3.63, 3.8) is 0 Å². The molecule has 0 aliphatic heterocycles. The first kappa shape index (κ1) is 15.4. The molecule has 2 rings (SSSR count). The van der Waals surface area contributed by atoms with Crippen LogP contribution in [0.4, 0.5) is 10.1 Å². The van der Waals surface area contributed by atoms with Crippen LogP contribution >= 0.6 is 0 Å². The molecule has 0 radical (unpaired) electrons. The second-order valence-electron chi connectivity index (χ2n) is 6.54. The summed E-state index contributed by atoms with van der Waals surface area (Å²) in [5.74, 6) is -0.935. The highest BCUT2D eigenvalue weighted by Gasteiger charge is 2.20. The number of aromatic hydroxyl groups is 1. The molecule has 0 aliphatic carbocycles. The molecule has 0 fully saturated rings. The maximum atomic E-state index is 13.5. The molecule has 3 heteroatoms. The summed E-state index contributed by atoms with van der Waals surface area (Å²) in [6.07, 6.45) is 0.916. The van der Waals surface area contributed by atoms with Gasteiger partial charge in [-0.1, -0.05) is 51.1 Å². The first-order valence-electron chi connectivity index (χ1n) is 7.15. The van der Waals surface area contributed by atoms with E-state index in [0.29, 0.717) is 5.69 Å². The lowest BCUT2D eigenvalue weighted by atomic mass is 9.85. The lowest BCUT2D eigenvalue weighted by molar-refractivity contribution is 0.352. The summed E-state index contributed by atoms with van der Waals surface area (Å²) >= 11 is 0. The van der Waals surface area contributed by atoms with Gasteiger partial charge in [0.1, 0.15) is 0 Å². The van der Waals surface area contributed by atoms with Gasteiger partial charge >= 0.3 is 0 Å². The maximum absolute atomic E-state index is 13.5. The van der Waals surface area contributed by atoms with Gasteiger partial charge in [0.05, 0.1) is 6.04 Å². The molecule has 0 aromatic heterocycles. The minimum absolute atomic E-state index is 0.0927. The molecule has 2 N–H and O–H groups in total. The third-order valence-electron chi connectivity index (χ3n) is 3.31. The molecule has 0 amide bonds. The normalized spacial score (nSPS) is 13.0. The van der Waals surface area contributed by atoms with Crippen molar-refractivity contribution in [2.45, 2.75) is 33.2 Å². The van der Waals surface area contributed by atoms with Gasteiger partial charge in [0.15, 0.2) is 11.6 Å². The first-order chi connectivity index (χ1) is 9.85. The average Bonchev–Trinajstić information content (AvgIpc) is 2.42. The van der Waals surface area contributed by atoms with E-state index in [1.807, 2.05) is 18.2 Å². The van der Waals surface area contributed by atoms with Crippen molar-refractivity contribution in [1.82, 2.24) is 0 Å². The topological polar surface area (TPSA) is 32.3 Å². The van der Waals surface area contributed by atoms with Gasteiger partial charge < -0.3 is 10.4 Å². The van der Waals surface area contributed by atoms with E-state index >= 15 is 0 Å². The number of nitrogens with one attached hydrogen (secondary N) is 1. The average molecular weight is 287 g/mol. The van der Waals surface area contributed by atoms with Crippen LogP contribution in [0.3, 0.4) is 0 Å². The van der Waals surface area contributed by atoms with E-state index in [9.17, 15) is 9.50 Å². The lowest BCUT2D eigenvalue weighted by Crippen LogP contribution is -2.18. The molecule has 2 aromatic rings. The molecule has 2 nitrogen and oxygen atoms in total. The van der Waals surface area contributed by atoms with Crippen molar-refractivity contribution in [2.24, 2.45) is 5.41 Å². The number of phenols is 1. The number of benzene rings is 2. The van der Waals surface area contributed by atoms with Gasteiger partial charge in [-0.25, -0.2) is 4.39 Å². The third kappa shape index (κ3) is 4.48. The number of anilines is 1. The Morgan fingerprint density at radius 2 is 1.76 bits per heavy atom. The van der Waals surface area contributed by atoms with Crippen molar-refractivity contribution < 1.29 is 9.50 Å². The summed E-state index contributed by atoms with van der Waals surface area (Å²) in [6, 6.07) is 14.6. The van der Waals surface area contributed by atoms with Crippen LogP contribution in [0.15, 0.2) is 48.5 Å². The largest absolute Gasteiger partial charge is 0.505 e. The Morgan fingerprint density at radius 1 is 1.10 bits per heavy atom. The Morgan fingerprint density at radius 3 is 2.33 bits per heavy atom. The number of phenolic OH excluding ortho intramolecular Hbond substituents is 1. The molecule has 0 heterocycles. The summed E-state index contributed by atoms with van der Waals surface area (Å²) < 4.78 is 13.5. The zero-order valence-corrected chi connectivity index (χ0v) is 12.7. The van der Waals surface area contributed by atoms with Gasteiger partial charge in [-0.3, -0.25) is 0 Å². The molecule has 1 unspecified atom stereocenters. The molecule has 0 spiro atoms. The zero-order valence-electron chi connectivity index (χ0n) is 12.7. The smallest absolute Gasteiger partial charge is 0.166 e. The van der Waals surface area contributed by atoms with Gasteiger partial charge in [0.25, 0.3) is 0 Å². The van der Waals surface area contributed by atoms with Gasteiger partial charge in [-0.05, 0) is 29.5 Å². The Hall–Kier alpha value is -2.03. The predicted octanol–water partition coefficient (Wildman–Crippen LogP) is 5.12. The van der Waals surface area contributed by atoms with Crippen LogP contribution in [-0.4, -0.2) is 5.11 Å². The Kier molecular flexibility index (Phi) is 4.51. The summed E-state index contributed by atoms with van der Waals surface area (Å²) in [4.78, 5) is 0. The van der Waals surface area contributed by atoms with Crippen LogP contribution in [0.2, 0.25) is 0 Å². The minimum Gasteiger partial charge on any atom is -0.505 e. The van der Waals surface area contributed by atoms with Crippen molar-refractivity contribution in [3.8, 4) is 5.75 Å². The number of hydrogen-bond donors (Lipinski definition) is 2. The van der Waals surface area contributed by atoms with E-state index < -0.39 is 5.82 Å². The highest BCUT2D eigenvalue weighted by atomic mass is 19.1. The van der Waals surface area contributed by atoms with E-state index in [0.717, 1.165) is 6.42 Å². The third-order valence-corrected chi connectivity index (χ3v) is 3.31. The van der Waals surface area contributed by atoms with E-state index in [4.69, 9.17) is 0 Å². The fourth-order valence-electron chi connectivity index (χ4n) is 2.35. The summed E-state index contributed by atoms with van der Waals surface area (Å²) in [5.41, 5.74) is 1.98. The molecule has 21 heavy (non-hydrogen) atoms. The summed E-state index contributed by atoms with van der Waals surface area (Å²) in [7, 11) is 0. The quantitative estimate of drug-likeness (QED) is 0.765. The predicted molar refractivity (Wildman–Crippen MR) is 84.9 cm³/mol. The summed E-state index contributed by atoms with van der Waals surface area (Å²) in [5, 5.41) is 12.6. The molecule has 0 saturated heterocycles. The maximum Gasteiger partial charge on any atom is 0.166 e. The summed E-state index contributed by atoms with van der Waals surface area (Å²) in [6.45, 7) is 6.55. The van der Waals surface area contributed by atoms with Crippen molar-refractivity contribution in [2.75, 3.05) is 5.32 Å². The molecule has 0 saturated carbocycles. The van der Waals surface area contributed by atoms with Gasteiger partial charge in [0, 0.05) is 11.8 Å². The van der Waals surface area contributed by atoms with Crippen LogP contribution in [0.5, 0.6) is 5.75 Å². The van der Waals surface area contributed by atoms with Crippen molar-refractivity contribution >= 4 is 5.69 Å². The highest BCUT2D eigenvalue weighted by molar-refractivity contribution is 5.48. The molecule has 0 aliphatic rings. The Labute approximate surface area is 125 Å². The van der Waals surface area contributed by atoms with Gasteiger partial charge in [0.2, 0.25) is 0 Å². The standard InChI is InChI=1S/C18H22FNO/c1-18(2,3)12-16(13-7-5-4-6-8-13)20-14-9-10-17(21)15(19)11-14/h4-11,16,20-21H,12H2,1-3H3. The fraction of sp³-hybridized carbons (Fsp3) is 0.333. The number of halogens is 1. The number of rotatable bonds is 4. The van der Waals surface area contributed by atoms with Crippen LogP contribution in [-0.2, 0) is 0 Å². The molecular formula is C18H22FNO. The Balaban J connectivity index is 2.25. The monoisotopic (exact) mass is 287 g/mol. The lowest BCUT2D eigenvalue weighted by Gasteiger charge is -2.28. The SMILES string of the molecule is CC(C)(C)CC(Nc1ccc(O)c(F)c1)c1ccccc1. The van der Waals surface area contributed by atoms with E-state index in [1.54, 1.807) is 6.07 Å². The molecule has 112 valence electrons. The van der Waals surface area contributed by atoms with Gasteiger partial charge in [-0.15, -0.1) is 0 Å². The van der Waals surface area contributed by atoms with Crippen molar-refractivity contribution in [3.05, 3.63) is 59.9 Å². The molecule has 0 bridgehead atoms. The molecule has 1 atom stereocenters. The van der Waals surface area contributed by atoms with Crippen molar-refractivity contribution in [1.29, 1.82) is 0 Å². The van der Waals surface area contributed by atoms with E-state index in [2.05, 4.69) is 38.2 Å². The molecule has 2 aromatic carbocycles. The van der Waals surface area contributed by atoms with E-state index in [-0.39, 0.29) is 17.2 Å². The van der Waals surface area contributed by atoms with Gasteiger partial charge in [-0.2, -0.15) is 0 Å².